The summed E-state index contributed by atoms with van der Waals surface area (Å²) in [6, 6.07) is -0.315. The second kappa shape index (κ2) is 7.57. The molecule has 0 spiro atoms. The number of terminal acetylenes is 1. The Morgan fingerprint density at radius 2 is 1.94 bits per heavy atom. The van der Waals surface area contributed by atoms with Gasteiger partial charge in [0.2, 0.25) is 0 Å². The van der Waals surface area contributed by atoms with Crippen molar-refractivity contribution in [2.75, 3.05) is 26.2 Å². The number of carboxylic acid groups (broad SMARTS) is 1. The Balaban J connectivity index is 4.54. The zero-order valence-corrected chi connectivity index (χ0v) is 9.77. The van der Waals surface area contributed by atoms with Crippen LogP contribution in [0, 0.1) is 12.3 Å². The van der Waals surface area contributed by atoms with Crippen LogP contribution in [-0.4, -0.2) is 53.1 Å². The van der Waals surface area contributed by atoms with Crippen LogP contribution in [0.5, 0.6) is 0 Å². The lowest BCUT2D eigenvalue weighted by molar-refractivity contribution is -0.137. The van der Waals surface area contributed by atoms with Gasteiger partial charge in [0.25, 0.3) is 0 Å². The van der Waals surface area contributed by atoms with Crippen LogP contribution in [0.3, 0.4) is 0 Å². The molecule has 0 aromatic heterocycles. The molecule has 0 aromatic rings. The molecular weight excluding hydrogens is 208 g/mol. The minimum Gasteiger partial charge on any atom is -0.480 e. The number of rotatable bonds is 6. The van der Waals surface area contributed by atoms with Gasteiger partial charge >= 0.3 is 12.0 Å². The summed E-state index contributed by atoms with van der Waals surface area (Å²) in [6.45, 7) is 4.49. The zero-order valence-electron chi connectivity index (χ0n) is 9.77. The van der Waals surface area contributed by atoms with Crippen LogP contribution >= 0.6 is 0 Å². The molecule has 0 bridgehead atoms. The molecule has 5 nitrogen and oxygen atoms in total. The Bertz CT molecular complexity index is 283. The number of carboxylic acids is 1. The fraction of sp³-hybridized carbons (Fsp3) is 0.636. The minimum atomic E-state index is -1.02. The quantitative estimate of drug-likeness (QED) is 0.683. The van der Waals surface area contributed by atoms with Gasteiger partial charge in [0.1, 0.15) is 6.54 Å². The van der Waals surface area contributed by atoms with Crippen molar-refractivity contribution in [2.45, 2.75) is 20.3 Å². The van der Waals surface area contributed by atoms with Crippen LogP contribution < -0.4 is 0 Å². The highest BCUT2D eigenvalue weighted by Crippen LogP contribution is 2.00. The highest BCUT2D eigenvalue weighted by Gasteiger charge is 2.20. The van der Waals surface area contributed by atoms with Gasteiger partial charge in [0, 0.05) is 13.1 Å². The lowest BCUT2D eigenvalue weighted by Crippen LogP contribution is -2.45. The summed E-state index contributed by atoms with van der Waals surface area (Å²) in [5.41, 5.74) is 0. The van der Waals surface area contributed by atoms with Crippen molar-refractivity contribution >= 4 is 12.0 Å². The van der Waals surface area contributed by atoms with Gasteiger partial charge in [-0.05, 0) is 13.3 Å². The van der Waals surface area contributed by atoms with Crippen molar-refractivity contribution in [3.8, 4) is 12.3 Å². The molecule has 0 saturated carbocycles. The Morgan fingerprint density at radius 1 is 1.31 bits per heavy atom. The van der Waals surface area contributed by atoms with E-state index < -0.39 is 5.97 Å². The summed E-state index contributed by atoms with van der Waals surface area (Å²) in [5.74, 6) is 1.38. The van der Waals surface area contributed by atoms with Gasteiger partial charge in [-0.2, -0.15) is 0 Å². The van der Waals surface area contributed by atoms with Crippen LogP contribution in [0.15, 0.2) is 0 Å². The van der Waals surface area contributed by atoms with Gasteiger partial charge in [-0.3, -0.25) is 4.79 Å². The van der Waals surface area contributed by atoms with Crippen molar-refractivity contribution in [1.82, 2.24) is 9.80 Å². The van der Waals surface area contributed by atoms with Gasteiger partial charge in [-0.1, -0.05) is 12.8 Å². The van der Waals surface area contributed by atoms with Gasteiger partial charge in [0.15, 0.2) is 0 Å². The summed E-state index contributed by atoms with van der Waals surface area (Å²) in [6.07, 6.45) is 5.95. The molecule has 90 valence electrons. The maximum Gasteiger partial charge on any atom is 0.323 e. The third-order valence-electron chi connectivity index (χ3n) is 2.02. The van der Waals surface area contributed by atoms with E-state index in [1.165, 1.54) is 9.80 Å². The molecule has 0 atom stereocenters. The summed E-state index contributed by atoms with van der Waals surface area (Å²) in [4.78, 5) is 25.2. The summed E-state index contributed by atoms with van der Waals surface area (Å²) in [7, 11) is 0. The Morgan fingerprint density at radius 3 is 2.31 bits per heavy atom. The van der Waals surface area contributed by atoms with E-state index in [9.17, 15) is 9.59 Å². The molecule has 0 rings (SSSR count). The molecule has 16 heavy (non-hydrogen) atoms. The van der Waals surface area contributed by atoms with Crippen molar-refractivity contribution < 1.29 is 14.7 Å². The zero-order chi connectivity index (χ0) is 12.6. The average molecular weight is 226 g/mol. The van der Waals surface area contributed by atoms with E-state index in [1.54, 1.807) is 6.92 Å². The first-order valence-corrected chi connectivity index (χ1v) is 5.25. The lowest BCUT2D eigenvalue weighted by Gasteiger charge is -2.27. The monoisotopic (exact) mass is 226 g/mol. The van der Waals surface area contributed by atoms with Crippen molar-refractivity contribution in [3.63, 3.8) is 0 Å². The van der Waals surface area contributed by atoms with Crippen molar-refractivity contribution in [3.05, 3.63) is 0 Å². The van der Waals surface area contributed by atoms with E-state index in [0.29, 0.717) is 13.1 Å². The van der Waals surface area contributed by atoms with E-state index in [-0.39, 0.29) is 19.1 Å². The highest BCUT2D eigenvalue weighted by atomic mass is 16.4. The van der Waals surface area contributed by atoms with Crippen LogP contribution in [0.4, 0.5) is 4.79 Å². The first-order chi connectivity index (χ1) is 7.56. The number of nitrogens with zero attached hydrogens (tertiary/aromatic N) is 2. The predicted molar refractivity (Wildman–Crippen MR) is 61.0 cm³/mol. The molecule has 0 aromatic carbocycles. The fourth-order valence-electron chi connectivity index (χ4n) is 1.30. The number of amides is 2. The SMILES string of the molecule is C#CCN(CCC)C(=O)N(CC)CC(=O)O. The number of likely N-dealkylation sites (N-methyl/N-ethyl adjacent to an activating group) is 1. The van der Waals surface area contributed by atoms with Gasteiger partial charge in [-0.15, -0.1) is 6.42 Å². The maximum atomic E-state index is 11.9. The summed E-state index contributed by atoms with van der Waals surface area (Å²) in [5, 5.41) is 8.65. The van der Waals surface area contributed by atoms with E-state index in [1.807, 2.05) is 6.92 Å². The molecule has 2 amide bonds. The molecule has 0 saturated heterocycles. The van der Waals surface area contributed by atoms with Gasteiger partial charge in [0.05, 0.1) is 6.54 Å². The number of hydrogen-bond acceptors (Lipinski definition) is 2. The number of aliphatic carboxylic acids is 1. The number of urea groups is 1. The van der Waals surface area contributed by atoms with Crippen LogP contribution in [0.1, 0.15) is 20.3 Å². The van der Waals surface area contributed by atoms with E-state index in [2.05, 4.69) is 5.92 Å². The van der Waals surface area contributed by atoms with E-state index in [4.69, 9.17) is 11.5 Å². The summed E-state index contributed by atoms with van der Waals surface area (Å²) < 4.78 is 0. The number of hydrogen-bond donors (Lipinski definition) is 1. The largest absolute Gasteiger partial charge is 0.480 e. The molecule has 0 aliphatic heterocycles. The third-order valence-corrected chi connectivity index (χ3v) is 2.02. The van der Waals surface area contributed by atoms with Crippen LogP contribution in [-0.2, 0) is 4.79 Å². The molecule has 0 aliphatic carbocycles. The second-order valence-electron chi connectivity index (χ2n) is 3.32. The Labute approximate surface area is 96.0 Å². The minimum absolute atomic E-state index is 0.211. The van der Waals surface area contributed by atoms with Crippen molar-refractivity contribution in [1.29, 1.82) is 0 Å². The first kappa shape index (κ1) is 14.3. The van der Waals surface area contributed by atoms with E-state index in [0.717, 1.165) is 6.42 Å². The van der Waals surface area contributed by atoms with Gasteiger partial charge in [-0.25, -0.2) is 4.79 Å². The standard InChI is InChI=1S/C11H18N2O3/c1-4-7-13(8-5-2)11(16)12(6-3)9-10(14)15/h1H,5-9H2,2-3H3,(H,14,15). The van der Waals surface area contributed by atoms with Crippen LogP contribution in [0.25, 0.3) is 0 Å². The normalized spacial score (nSPS) is 9.31. The van der Waals surface area contributed by atoms with Gasteiger partial charge < -0.3 is 14.9 Å². The molecule has 0 unspecified atom stereocenters. The topological polar surface area (TPSA) is 60.9 Å². The lowest BCUT2D eigenvalue weighted by atomic mass is 10.4. The second-order valence-corrected chi connectivity index (χ2v) is 3.32. The summed E-state index contributed by atoms with van der Waals surface area (Å²) >= 11 is 0. The third kappa shape index (κ3) is 4.69. The smallest absolute Gasteiger partial charge is 0.323 e. The van der Waals surface area contributed by atoms with Crippen LogP contribution in [0.2, 0.25) is 0 Å². The first-order valence-electron chi connectivity index (χ1n) is 5.25. The highest BCUT2D eigenvalue weighted by molar-refractivity contribution is 5.80. The maximum absolute atomic E-state index is 11.9. The predicted octanol–water partition coefficient (Wildman–Crippen LogP) is 0.858. The molecule has 0 heterocycles. The molecule has 5 heteroatoms. The van der Waals surface area contributed by atoms with E-state index >= 15 is 0 Å². The molecule has 1 N–H and O–H groups in total. The molecule has 0 aliphatic rings. The fourth-order valence-corrected chi connectivity index (χ4v) is 1.30. The number of carbonyl (C=O) groups is 2. The molecule has 0 fully saturated rings. The molecular formula is C11H18N2O3. The Hall–Kier alpha value is -1.70. The Kier molecular flexibility index (Phi) is 6.77. The number of carbonyl (C=O) groups excluding carboxylic acids is 1. The molecule has 0 radical (unpaired) electrons. The average Bonchev–Trinajstić information content (AvgIpc) is 2.24. The van der Waals surface area contributed by atoms with Crippen molar-refractivity contribution in [2.24, 2.45) is 0 Å².